The average molecular weight is 258 g/mol. The highest BCUT2D eigenvalue weighted by Gasteiger charge is 2.36. The Bertz CT molecular complexity index is 441. The Morgan fingerprint density at radius 1 is 1.65 bits per heavy atom. The highest BCUT2D eigenvalue weighted by molar-refractivity contribution is 6.29. The standard InChI is InChI=1S/C9H15FN4O2Si/c1-9(2,7(15)16-3)14(11)6-5(10)4-12-8(17)13-6/h4H,11H2,1-3,17H3. The van der Waals surface area contributed by atoms with E-state index in [4.69, 9.17) is 5.84 Å². The van der Waals surface area contributed by atoms with Crippen LogP contribution >= 0.6 is 0 Å². The number of hydrogen-bond acceptors (Lipinski definition) is 6. The summed E-state index contributed by atoms with van der Waals surface area (Å²) in [5, 5.41) is 0.956. The van der Waals surface area contributed by atoms with Gasteiger partial charge >= 0.3 is 5.97 Å². The van der Waals surface area contributed by atoms with Crippen LogP contribution in [0.5, 0.6) is 0 Å². The predicted molar refractivity (Wildman–Crippen MR) is 64.3 cm³/mol. The van der Waals surface area contributed by atoms with Crippen molar-refractivity contribution in [2.45, 2.75) is 19.4 Å². The molecule has 0 fully saturated rings. The van der Waals surface area contributed by atoms with Crippen molar-refractivity contribution < 1.29 is 13.9 Å². The van der Waals surface area contributed by atoms with Crippen LogP contribution in [0.2, 0.25) is 0 Å². The molecule has 1 rings (SSSR count). The number of methoxy groups -OCH3 is 1. The Hall–Kier alpha value is -1.54. The molecular weight excluding hydrogens is 243 g/mol. The zero-order chi connectivity index (χ0) is 13.2. The SMILES string of the molecule is COC(=O)C(C)(C)N(N)c1nc([SiH3])ncc1F. The van der Waals surface area contributed by atoms with E-state index < -0.39 is 17.3 Å². The molecule has 2 N–H and O–H groups in total. The minimum atomic E-state index is -1.21. The molecule has 17 heavy (non-hydrogen) atoms. The first-order valence-corrected chi connectivity index (χ1v) is 5.93. The number of rotatable bonds is 3. The van der Waals surface area contributed by atoms with Gasteiger partial charge in [0.15, 0.2) is 11.6 Å². The number of hydrogen-bond donors (Lipinski definition) is 1. The summed E-state index contributed by atoms with van der Waals surface area (Å²) in [7, 11) is 1.81. The second-order valence-corrected chi connectivity index (χ2v) is 4.90. The van der Waals surface area contributed by atoms with E-state index in [0.717, 1.165) is 11.2 Å². The zero-order valence-electron chi connectivity index (χ0n) is 10.2. The summed E-state index contributed by atoms with van der Waals surface area (Å²) >= 11 is 0. The number of carbonyl (C=O) groups is 1. The van der Waals surface area contributed by atoms with Gasteiger partial charge in [0.2, 0.25) is 0 Å². The van der Waals surface area contributed by atoms with Crippen molar-refractivity contribution >= 4 is 27.5 Å². The van der Waals surface area contributed by atoms with E-state index in [-0.39, 0.29) is 5.82 Å². The van der Waals surface area contributed by atoms with Gasteiger partial charge in [-0.05, 0) is 13.8 Å². The minimum Gasteiger partial charge on any atom is -0.467 e. The summed E-state index contributed by atoms with van der Waals surface area (Å²) in [5.41, 5.74) is -0.713. The molecule has 94 valence electrons. The number of hydrazine groups is 1. The fourth-order valence-corrected chi connectivity index (χ4v) is 1.57. The van der Waals surface area contributed by atoms with Gasteiger partial charge in [0.05, 0.1) is 29.0 Å². The number of halogens is 1. The van der Waals surface area contributed by atoms with Crippen molar-refractivity contribution in [2.75, 3.05) is 12.1 Å². The summed E-state index contributed by atoms with van der Waals surface area (Å²) in [6, 6.07) is 0. The molecule has 0 amide bonds. The van der Waals surface area contributed by atoms with Crippen LogP contribution in [0, 0.1) is 5.82 Å². The van der Waals surface area contributed by atoms with Crippen LogP contribution in [0.15, 0.2) is 6.20 Å². The lowest BCUT2D eigenvalue weighted by atomic mass is 10.1. The van der Waals surface area contributed by atoms with Crippen LogP contribution < -0.4 is 16.3 Å². The Balaban J connectivity index is 3.15. The topological polar surface area (TPSA) is 81.3 Å². The zero-order valence-corrected chi connectivity index (χ0v) is 12.2. The molecule has 0 aromatic carbocycles. The van der Waals surface area contributed by atoms with Crippen molar-refractivity contribution in [1.82, 2.24) is 9.97 Å². The molecule has 0 saturated heterocycles. The molecule has 6 nitrogen and oxygen atoms in total. The highest BCUT2D eigenvalue weighted by atomic mass is 28.1. The van der Waals surface area contributed by atoms with Gasteiger partial charge in [-0.1, -0.05) is 0 Å². The molecule has 1 aromatic heterocycles. The van der Waals surface area contributed by atoms with Gasteiger partial charge in [-0.3, -0.25) is 5.01 Å². The summed E-state index contributed by atoms with van der Waals surface area (Å²) in [5.74, 6) is 4.37. The molecule has 1 heterocycles. The quantitative estimate of drug-likeness (QED) is 0.299. The summed E-state index contributed by atoms with van der Waals surface area (Å²) in [4.78, 5) is 19.2. The number of anilines is 1. The molecule has 0 spiro atoms. The number of ether oxygens (including phenoxy) is 1. The van der Waals surface area contributed by atoms with E-state index in [2.05, 4.69) is 14.7 Å². The van der Waals surface area contributed by atoms with Crippen molar-refractivity contribution in [2.24, 2.45) is 5.84 Å². The number of nitrogens with two attached hydrogens (primary N) is 1. The molecular formula is C9H15FN4O2Si. The molecule has 8 heteroatoms. The molecule has 0 bridgehead atoms. The van der Waals surface area contributed by atoms with E-state index in [1.165, 1.54) is 21.0 Å². The van der Waals surface area contributed by atoms with Gasteiger partial charge in [-0.25, -0.2) is 25.0 Å². The first-order valence-electron chi connectivity index (χ1n) is 4.93. The van der Waals surface area contributed by atoms with E-state index >= 15 is 0 Å². The maximum absolute atomic E-state index is 13.5. The van der Waals surface area contributed by atoms with Gasteiger partial charge in [-0.15, -0.1) is 0 Å². The first-order chi connectivity index (χ1) is 7.80. The van der Waals surface area contributed by atoms with E-state index in [1.807, 2.05) is 0 Å². The van der Waals surface area contributed by atoms with Crippen LogP contribution in [-0.4, -0.2) is 38.8 Å². The second kappa shape index (κ2) is 4.76. The molecule has 0 aliphatic heterocycles. The van der Waals surface area contributed by atoms with Crippen LogP contribution in [-0.2, 0) is 9.53 Å². The number of esters is 1. The van der Waals surface area contributed by atoms with Crippen molar-refractivity contribution in [3.05, 3.63) is 12.0 Å². The maximum Gasteiger partial charge on any atom is 0.332 e. The number of nitrogens with zero attached hydrogens (tertiary/aromatic N) is 3. The fourth-order valence-electron chi connectivity index (χ4n) is 1.23. The van der Waals surface area contributed by atoms with Crippen LogP contribution in [0.4, 0.5) is 10.2 Å². The molecule has 0 atom stereocenters. The van der Waals surface area contributed by atoms with Gasteiger partial charge in [-0.2, -0.15) is 0 Å². The summed E-state index contributed by atoms with van der Waals surface area (Å²) in [6.07, 6.45) is 1.04. The molecule has 0 unspecified atom stereocenters. The molecule has 0 aliphatic rings. The third-order valence-electron chi connectivity index (χ3n) is 2.36. The Kier molecular flexibility index (Phi) is 3.78. The number of carbonyl (C=O) groups excluding carboxylic acids is 1. The van der Waals surface area contributed by atoms with E-state index in [9.17, 15) is 9.18 Å². The van der Waals surface area contributed by atoms with E-state index in [0.29, 0.717) is 15.7 Å². The van der Waals surface area contributed by atoms with Crippen LogP contribution in [0.25, 0.3) is 0 Å². The lowest BCUT2D eigenvalue weighted by Crippen LogP contribution is -2.56. The smallest absolute Gasteiger partial charge is 0.332 e. The van der Waals surface area contributed by atoms with Crippen molar-refractivity contribution in [3.63, 3.8) is 0 Å². The lowest BCUT2D eigenvalue weighted by Gasteiger charge is -2.32. The highest BCUT2D eigenvalue weighted by Crippen LogP contribution is 2.20. The van der Waals surface area contributed by atoms with Gasteiger partial charge in [0.1, 0.15) is 5.54 Å². The predicted octanol–water partition coefficient (Wildman–Crippen LogP) is -1.76. The van der Waals surface area contributed by atoms with Crippen molar-refractivity contribution in [1.29, 1.82) is 0 Å². The molecule has 0 aliphatic carbocycles. The van der Waals surface area contributed by atoms with Crippen LogP contribution in [0.3, 0.4) is 0 Å². The van der Waals surface area contributed by atoms with Crippen molar-refractivity contribution in [3.8, 4) is 0 Å². The van der Waals surface area contributed by atoms with Crippen LogP contribution in [0.1, 0.15) is 13.8 Å². The maximum atomic E-state index is 13.5. The Morgan fingerprint density at radius 3 is 2.76 bits per heavy atom. The Labute approximate surface area is 101 Å². The van der Waals surface area contributed by atoms with Gasteiger partial charge < -0.3 is 4.74 Å². The van der Waals surface area contributed by atoms with Gasteiger partial charge in [0, 0.05) is 0 Å². The summed E-state index contributed by atoms with van der Waals surface area (Å²) in [6.45, 7) is 3.04. The second-order valence-electron chi connectivity index (χ2n) is 4.01. The lowest BCUT2D eigenvalue weighted by molar-refractivity contribution is -0.145. The van der Waals surface area contributed by atoms with E-state index in [1.54, 1.807) is 0 Å². The molecule has 1 aromatic rings. The average Bonchev–Trinajstić information content (AvgIpc) is 2.30. The molecule has 0 radical (unpaired) electrons. The number of aromatic nitrogens is 2. The van der Waals surface area contributed by atoms with Gasteiger partial charge in [0.25, 0.3) is 0 Å². The Morgan fingerprint density at radius 2 is 2.24 bits per heavy atom. The molecule has 0 saturated carbocycles. The largest absolute Gasteiger partial charge is 0.467 e. The third kappa shape index (κ3) is 2.59. The monoisotopic (exact) mass is 258 g/mol. The summed E-state index contributed by atoms with van der Waals surface area (Å²) < 4.78 is 18.1. The minimum absolute atomic E-state index is 0.111. The normalized spacial score (nSPS) is 11.4. The third-order valence-corrected chi connectivity index (χ3v) is 2.84. The fraction of sp³-hybridized carbons (Fsp3) is 0.444. The first kappa shape index (κ1) is 13.5.